The molecule has 14 heavy (non-hydrogen) atoms. The molecule has 0 fully saturated rings. The van der Waals surface area contributed by atoms with Crippen LogP contribution in [0.1, 0.15) is 23.0 Å². The summed E-state index contributed by atoms with van der Waals surface area (Å²) in [5.74, 6) is -0.0602. The Hall–Kier alpha value is -1.10. The van der Waals surface area contributed by atoms with E-state index in [9.17, 15) is 9.59 Å². The summed E-state index contributed by atoms with van der Waals surface area (Å²) in [4.78, 5) is 26.5. The van der Waals surface area contributed by atoms with Crippen LogP contribution >= 0.6 is 11.8 Å². The van der Waals surface area contributed by atoms with Gasteiger partial charge in [0.15, 0.2) is 5.78 Å². The number of carbonyl (C=O) groups excluding carboxylic acids is 1. The molecule has 76 valence electrons. The molecule has 0 aromatic carbocycles. The molecule has 0 amide bonds. The summed E-state index contributed by atoms with van der Waals surface area (Å²) in [6.07, 6.45) is 1.80. The highest BCUT2D eigenvalue weighted by Crippen LogP contribution is 2.18. The molecule has 0 saturated heterocycles. The summed E-state index contributed by atoms with van der Waals surface area (Å²) in [6.45, 7) is 3.23. The van der Waals surface area contributed by atoms with Crippen LogP contribution in [-0.4, -0.2) is 21.6 Å². The average Bonchev–Trinajstić information content (AvgIpc) is 2.12. The zero-order valence-electron chi connectivity index (χ0n) is 8.62. The monoisotopic (exact) mass is 212 g/mol. The number of Topliss-reactive ketones (excluding diaryl/α,β-unsaturated/α-hetero) is 1. The van der Waals surface area contributed by atoms with E-state index in [2.05, 4.69) is 4.98 Å². The minimum atomic E-state index is -0.322. The standard InChI is InChI=1S/C9H12N2O2S/c1-5-7(6(2)12)8(14-4)10-9(13)11(5)3/h1-4H3. The van der Waals surface area contributed by atoms with Crippen LogP contribution in [0.15, 0.2) is 9.82 Å². The molecule has 0 aliphatic heterocycles. The van der Waals surface area contributed by atoms with Gasteiger partial charge in [-0.3, -0.25) is 9.36 Å². The van der Waals surface area contributed by atoms with E-state index in [-0.39, 0.29) is 11.5 Å². The van der Waals surface area contributed by atoms with Gasteiger partial charge in [0.25, 0.3) is 0 Å². The van der Waals surface area contributed by atoms with Gasteiger partial charge in [-0.2, -0.15) is 4.98 Å². The van der Waals surface area contributed by atoms with Crippen LogP contribution in [0.25, 0.3) is 0 Å². The van der Waals surface area contributed by atoms with E-state index < -0.39 is 0 Å². The lowest BCUT2D eigenvalue weighted by Gasteiger charge is -2.09. The first kappa shape index (κ1) is 11.0. The summed E-state index contributed by atoms with van der Waals surface area (Å²) in [5.41, 5.74) is 0.887. The fourth-order valence-electron chi connectivity index (χ4n) is 1.24. The van der Waals surface area contributed by atoms with Crippen LogP contribution in [0.3, 0.4) is 0 Å². The molecule has 0 N–H and O–H groups in total. The molecule has 1 heterocycles. The molecule has 4 nitrogen and oxygen atoms in total. The number of nitrogens with zero attached hydrogens (tertiary/aromatic N) is 2. The molecule has 0 atom stereocenters. The number of carbonyl (C=O) groups is 1. The summed E-state index contributed by atoms with van der Waals surface area (Å²) < 4.78 is 1.39. The number of ketones is 1. The Bertz CT molecular complexity index is 437. The van der Waals surface area contributed by atoms with Gasteiger partial charge in [0.2, 0.25) is 0 Å². The summed E-state index contributed by atoms with van der Waals surface area (Å²) >= 11 is 1.32. The number of aromatic nitrogens is 2. The van der Waals surface area contributed by atoms with Crippen molar-refractivity contribution in [2.45, 2.75) is 18.9 Å². The minimum Gasteiger partial charge on any atom is -0.299 e. The first-order valence-corrected chi connectivity index (χ1v) is 5.34. The molecule has 0 aliphatic rings. The van der Waals surface area contributed by atoms with Crippen molar-refractivity contribution in [1.29, 1.82) is 0 Å². The van der Waals surface area contributed by atoms with E-state index in [1.54, 1.807) is 20.2 Å². The topological polar surface area (TPSA) is 52.0 Å². The van der Waals surface area contributed by atoms with Crippen molar-refractivity contribution in [3.05, 3.63) is 21.7 Å². The second kappa shape index (κ2) is 3.96. The van der Waals surface area contributed by atoms with Crippen LogP contribution in [0.4, 0.5) is 0 Å². The normalized spacial score (nSPS) is 10.3. The van der Waals surface area contributed by atoms with Crippen molar-refractivity contribution in [2.75, 3.05) is 6.26 Å². The van der Waals surface area contributed by atoms with Gasteiger partial charge in [0.05, 0.1) is 5.56 Å². The summed E-state index contributed by atoms with van der Waals surface area (Å²) in [7, 11) is 1.61. The lowest BCUT2D eigenvalue weighted by Crippen LogP contribution is -2.25. The van der Waals surface area contributed by atoms with Crippen LogP contribution in [0, 0.1) is 6.92 Å². The summed E-state index contributed by atoms with van der Waals surface area (Å²) in [5, 5.41) is 0.512. The lowest BCUT2D eigenvalue weighted by molar-refractivity contribution is 0.101. The fraction of sp³-hybridized carbons (Fsp3) is 0.444. The van der Waals surface area contributed by atoms with Crippen molar-refractivity contribution in [3.63, 3.8) is 0 Å². The molecule has 1 aromatic rings. The van der Waals surface area contributed by atoms with Crippen LogP contribution < -0.4 is 5.69 Å². The highest BCUT2D eigenvalue weighted by Gasteiger charge is 2.14. The molecule has 0 saturated carbocycles. The van der Waals surface area contributed by atoms with Crippen molar-refractivity contribution in [2.24, 2.45) is 7.05 Å². The van der Waals surface area contributed by atoms with Gasteiger partial charge in [0, 0.05) is 12.7 Å². The van der Waals surface area contributed by atoms with Gasteiger partial charge in [-0.05, 0) is 20.1 Å². The maximum atomic E-state index is 11.3. The minimum absolute atomic E-state index is 0.0602. The number of rotatable bonds is 2. The Balaban J connectivity index is 3.61. The SMILES string of the molecule is CSc1nc(=O)n(C)c(C)c1C(C)=O. The maximum Gasteiger partial charge on any atom is 0.348 e. The third kappa shape index (κ3) is 1.72. The second-order valence-corrected chi connectivity index (χ2v) is 3.77. The molecule has 0 aliphatic carbocycles. The Kier molecular flexibility index (Phi) is 3.10. The lowest BCUT2D eigenvalue weighted by atomic mass is 10.2. The zero-order valence-corrected chi connectivity index (χ0v) is 9.44. The van der Waals surface area contributed by atoms with Gasteiger partial charge < -0.3 is 0 Å². The van der Waals surface area contributed by atoms with E-state index >= 15 is 0 Å². The molecule has 0 unspecified atom stereocenters. The largest absolute Gasteiger partial charge is 0.348 e. The van der Waals surface area contributed by atoms with E-state index in [1.165, 1.54) is 23.3 Å². The van der Waals surface area contributed by atoms with E-state index in [0.29, 0.717) is 16.3 Å². The highest BCUT2D eigenvalue weighted by atomic mass is 32.2. The fourth-order valence-corrected chi connectivity index (χ4v) is 1.90. The van der Waals surface area contributed by atoms with Crippen LogP contribution in [0.2, 0.25) is 0 Å². The van der Waals surface area contributed by atoms with E-state index in [0.717, 1.165) is 0 Å². The zero-order chi connectivity index (χ0) is 10.9. The quantitative estimate of drug-likeness (QED) is 0.417. The Morgan fingerprint density at radius 1 is 1.50 bits per heavy atom. The Morgan fingerprint density at radius 3 is 2.50 bits per heavy atom. The van der Waals surface area contributed by atoms with Crippen LogP contribution in [-0.2, 0) is 7.05 Å². The maximum absolute atomic E-state index is 11.3. The van der Waals surface area contributed by atoms with Crippen molar-refractivity contribution < 1.29 is 4.79 Å². The average molecular weight is 212 g/mol. The van der Waals surface area contributed by atoms with Gasteiger partial charge in [-0.25, -0.2) is 4.79 Å². The van der Waals surface area contributed by atoms with Crippen molar-refractivity contribution >= 4 is 17.5 Å². The molecule has 1 rings (SSSR count). The van der Waals surface area contributed by atoms with Crippen molar-refractivity contribution in [1.82, 2.24) is 9.55 Å². The Morgan fingerprint density at radius 2 is 2.07 bits per heavy atom. The first-order valence-electron chi connectivity index (χ1n) is 4.11. The number of thioether (sulfide) groups is 1. The smallest absolute Gasteiger partial charge is 0.299 e. The van der Waals surface area contributed by atoms with E-state index in [1.807, 2.05) is 0 Å². The van der Waals surface area contributed by atoms with Gasteiger partial charge in [-0.15, -0.1) is 11.8 Å². The first-order chi connectivity index (χ1) is 6.49. The molecule has 5 heteroatoms. The predicted molar refractivity (Wildman–Crippen MR) is 56.0 cm³/mol. The molecule has 0 spiro atoms. The summed E-state index contributed by atoms with van der Waals surface area (Å²) in [6, 6.07) is 0. The number of hydrogen-bond acceptors (Lipinski definition) is 4. The van der Waals surface area contributed by atoms with Crippen LogP contribution in [0.5, 0.6) is 0 Å². The molecule has 1 aromatic heterocycles. The third-order valence-electron chi connectivity index (χ3n) is 2.11. The van der Waals surface area contributed by atoms with Crippen molar-refractivity contribution in [3.8, 4) is 0 Å². The molecular formula is C9H12N2O2S. The molecular weight excluding hydrogens is 200 g/mol. The second-order valence-electron chi connectivity index (χ2n) is 2.98. The van der Waals surface area contributed by atoms with Gasteiger partial charge in [-0.1, -0.05) is 0 Å². The molecule has 0 radical (unpaired) electrons. The number of hydrogen-bond donors (Lipinski definition) is 0. The van der Waals surface area contributed by atoms with Gasteiger partial charge in [0.1, 0.15) is 5.03 Å². The van der Waals surface area contributed by atoms with Gasteiger partial charge >= 0.3 is 5.69 Å². The predicted octanol–water partition coefficient (Wildman–Crippen LogP) is 1.01. The highest BCUT2D eigenvalue weighted by molar-refractivity contribution is 7.98. The third-order valence-corrected chi connectivity index (χ3v) is 2.79. The Labute approximate surface area is 86.4 Å². The molecule has 0 bridgehead atoms. The van der Waals surface area contributed by atoms with E-state index in [4.69, 9.17) is 0 Å².